The van der Waals surface area contributed by atoms with Gasteiger partial charge in [-0.2, -0.15) is 9.97 Å². The van der Waals surface area contributed by atoms with Gasteiger partial charge in [-0.25, -0.2) is 13.2 Å². The smallest absolute Gasteiger partial charge is 0.319 e. The number of pyridine rings is 1. The first-order chi connectivity index (χ1) is 21.2. The third kappa shape index (κ3) is 4.77. The summed E-state index contributed by atoms with van der Waals surface area (Å²) in [7, 11) is 0. The second-order valence-electron chi connectivity index (χ2n) is 12.2. The zero-order valence-electron chi connectivity index (χ0n) is 24.5. The fraction of sp³-hybridized carbons (Fsp3) is 0.424. The van der Waals surface area contributed by atoms with Crippen LogP contribution in [0.5, 0.6) is 11.8 Å². The lowest BCUT2D eigenvalue weighted by molar-refractivity contribution is -0.00542. The number of terminal acetylenes is 1. The predicted octanol–water partition coefficient (Wildman–Crippen LogP) is 5.38. The van der Waals surface area contributed by atoms with Gasteiger partial charge in [-0.1, -0.05) is 12.0 Å². The number of anilines is 1. The summed E-state index contributed by atoms with van der Waals surface area (Å²) in [5.74, 6) is 1.20. The second kappa shape index (κ2) is 10.8. The number of phenols is 1. The summed E-state index contributed by atoms with van der Waals surface area (Å²) in [5, 5.41) is 11.5. The van der Waals surface area contributed by atoms with Gasteiger partial charge in [0, 0.05) is 43.2 Å². The maximum Gasteiger partial charge on any atom is 0.319 e. The van der Waals surface area contributed by atoms with Gasteiger partial charge in [0.05, 0.1) is 28.7 Å². The van der Waals surface area contributed by atoms with Crippen molar-refractivity contribution in [3.63, 3.8) is 0 Å². The van der Waals surface area contributed by atoms with Crippen molar-refractivity contribution in [1.82, 2.24) is 19.9 Å². The van der Waals surface area contributed by atoms with Gasteiger partial charge in [0.1, 0.15) is 41.4 Å². The molecule has 3 aliphatic rings. The highest BCUT2D eigenvalue weighted by molar-refractivity contribution is 6.03. The summed E-state index contributed by atoms with van der Waals surface area (Å²) in [6, 6.07) is 5.39. The molecule has 0 unspecified atom stereocenters. The van der Waals surface area contributed by atoms with Crippen LogP contribution < -0.4 is 9.64 Å². The number of benzene rings is 2. The van der Waals surface area contributed by atoms with Crippen molar-refractivity contribution < 1.29 is 27.8 Å². The number of hydrogen-bond donors (Lipinski definition) is 1. The molecule has 11 heteroatoms. The lowest BCUT2D eigenvalue weighted by Gasteiger charge is -2.36. The highest BCUT2D eigenvalue weighted by Gasteiger charge is 2.49. The first-order valence-electron chi connectivity index (χ1n) is 14.9. The number of phenolic OH excluding ortho intramolecular Hbond substituents is 1. The minimum absolute atomic E-state index is 0.0324. The van der Waals surface area contributed by atoms with E-state index in [9.17, 15) is 13.9 Å². The van der Waals surface area contributed by atoms with Crippen molar-refractivity contribution in [2.24, 2.45) is 0 Å². The Morgan fingerprint density at radius 2 is 1.95 bits per heavy atom. The van der Waals surface area contributed by atoms with Crippen molar-refractivity contribution in [3.05, 3.63) is 47.7 Å². The Morgan fingerprint density at radius 1 is 1.16 bits per heavy atom. The van der Waals surface area contributed by atoms with Crippen LogP contribution in [0.4, 0.5) is 19.0 Å². The van der Waals surface area contributed by atoms with Crippen LogP contribution in [-0.4, -0.2) is 81.7 Å². The number of aromatic nitrogens is 3. The molecule has 5 heterocycles. The molecule has 0 spiro atoms. The van der Waals surface area contributed by atoms with E-state index in [0.717, 1.165) is 19.4 Å². The molecule has 0 bridgehead atoms. The molecular formula is C33H32F3N5O3. The SMILES string of the molecule is C#Cc1c(F)ccc2cc(O)cc(-c3ncc4c(N5C[C@@H](C)O[C@@H](C)C5)nc(OC[C@@]56CCCN5C[C@H](F)C6)nc4c3F)c12. The predicted molar refractivity (Wildman–Crippen MR) is 161 cm³/mol. The van der Waals surface area contributed by atoms with E-state index in [1.807, 2.05) is 18.7 Å². The van der Waals surface area contributed by atoms with Gasteiger partial charge in [-0.05, 0) is 56.8 Å². The molecule has 4 aromatic rings. The first-order valence-corrected chi connectivity index (χ1v) is 14.9. The fourth-order valence-corrected chi connectivity index (χ4v) is 7.27. The minimum atomic E-state index is -0.927. The quantitative estimate of drug-likeness (QED) is 0.305. The Morgan fingerprint density at radius 3 is 2.73 bits per heavy atom. The second-order valence-corrected chi connectivity index (χ2v) is 12.2. The molecular weight excluding hydrogens is 571 g/mol. The average Bonchev–Trinajstić information content (AvgIpc) is 3.51. The van der Waals surface area contributed by atoms with Gasteiger partial charge in [-0.3, -0.25) is 9.88 Å². The van der Waals surface area contributed by atoms with Crippen LogP contribution in [0.3, 0.4) is 0 Å². The van der Waals surface area contributed by atoms with Crippen molar-refractivity contribution in [3.8, 4) is 35.4 Å². The molecule has 228 valence electrons. The number of morpholine rings is 1. The van der Waals surface area contributed by atoms with Crippen molar-refractivity contribution in [1.29, 1.82) is 0 Å². The fourth-order valence-electron chi connectivity index (χ4n) is 7.27. The van der Waals surface area contributed by atoms with E-state index >= 15 is 4.39 Å². The van der Waals surface area contributed by atoms with Crippen LogP contribution in [-0.2, 0) is 4.74 Å². The minimum Gasteiger partial charge on any atom is -0.508 e. The molecule has 3 fully saturated rings. The lowest BCUT2D eigenvalue weighted by atomic mass is 9.95. The van der Waals surface area contributed by atoms with Gasteiger partial charge in [0.25, 0.3) is 0 Å². The van der Waals surface area contributed by atoms with Crippen molar-refractivity contribution >= 4 is 27.5 Å². The van der Waals surface area contributed by atoms with Gasteiger partial charge in [0.2, 0.25) is 0 Å². The zero-order chi connectivity index (χ0) is 30.7. The summed E-state index contributed by atoms with van der Waals surface area (Å²) in [6.07, 6.45) is 8.12. The molecule has 1 N–H and O–H groups in total. The van der Waals surface area contributed by atoms with Gasteiger partial charge < -0.3 is 19.5 Å². The topological polar surface area (TPSA) is 83.8 Å². The molecule has 8 nitrogen and oxygen atoms in total. The molecule has 44 heavy (non-hydrogen) atoms. The van der Waals surface area contributed by atoms with Crippen LogP contribution in [0.25, 0.3) is 32.9 Å². The molecule has 3 saturated heterocycles. The van der Waals surface area contributed by atoms with Crippen molar-refractivity contribution in [2.75, 3.05) is 37.7 Å². The van der Waals surface area contributed by atoms with E-state index in [0.29, 0.717) is 42.6 Å². The molecule has 3 aliphatic heterocycles. The summed E-state index contributed by atoms with van der Waals surface area (Å²) in [5.41, 5.74) is -0.587. The van der Waals surface area contributed by atoms with E-state index in [1.54, 1.807) is 0 Å². The first kappa shape index (κ1) is 28.6. The lowest BCUT2D eigenvalue weighted by Crippen LogP contribution is -2.46. The number of alkyl halides is 1. The number of halogens is 3. The largest absolute Gasteiger partial charge is 0.508 e. The van der Waals surface area contributed by atoms with Crippen LogP contribution in [0.1, 0.15) is 38.7 Å². The molecule has 2 aromatic heterocycles. The maximum absolute atomic E-state index is 16.7. The van der Waals surface area contributed by atoms with Crippen molar-refractivity contribution in [2.45, 2.75) is 57.0 Å². The number of nitrogens with zero attached hydrogens (tertiary/aromatic N) is 5. The van der Waals surface area contributed by atoms with E-state index in [4.69, 9.17) is 20.9 Å². The summed E-state index contributed by atoms with van der Waals surface area (Å²) in [6.45, 7) is 6.27. The Hall–Kier alpha value is -4.14. The third-order valence-corrected chi connectivity index (χ3v) is 9.04. The molecule has 0 radical (unpaired) electrons. The summed E-state index contributed by atoms with van der Waals surface area (Å²) >= 11 is 0. The number of rotatable bonds is 5. The highest BCUT2D eigenvalue weighted by atomic mass is 19.1. The normalized spacial score (nSPS) is 25.5. The van der Waals surface area contributed by atoms with Crippen LogP contribution in [0.2, 0.25) is 0 Å². The van der Waals surface area contributed by atoms with Gasteiger partial charge >= 0.3 is 6.01 Å². The number of aromatic hydroxyl groups is 1. The average molecular weight is 604 g/mol. The summed E-state index contributed by atoms with van der Waals surface area (Å²) in [4.78, 5) is 17.8. The Balaban J connectivity index is 1.39. The Labute approximate surface area is 252 Å². The Kier molecular flexibility index (Phi) is 7.02. The molecule has 7 rings (SSSR count). The third-order valence-electron chi connectivity index (χ3n) is 9.04. The van der Waals surface area contributed by atoms with Crippen LogP contribution in [0.15, 0.2) is 30.5 Å². The summed E-state index contributed by atoms with van der Waals surface area (Å²) < 4.78 is 58.0. The van der Waals surface area contributed by atoms with Crippen LogP contribution >= 0.6 is 0 Å². The monoisotopic (exact) mass is 603 g/mol. The standard InChI is InChI=1S/C33H32F3N5O3/c1-4-23-26(35)7-6-20-10-22(42)11-24(27(20)23)29-28(36)30-25(13-37-29)31(40-14-18(2)44-19(3)15-40)39-32(38-30)43-17-33-8-5-9-41(33)16-21(34)12-33/h1,6-7,10-11,13,18-19,21,42H,5,8-9,12,14-17H2,2-3H3/t18-,19+,21-,33+/m1/s1. The number of ether oxygens (including phenoxy) is 2. The van der Waals surface area contributed by atoms with E-state index in [1.165, 1.54) is 30.5 Å². The van der Waals surface area contributed by atoms with Crippen LogP contribution in [0, 0.1) is 24.0 Å². The van der Waals surface area contributed by atoms with E-state index in [2.05, 4.69) is 20.8 Å². The van der Waals surface area contributed by atoms with E-state index in [-0.39, 0.29) is 58.3 Å². The molecule has 0 saturated carbocycles. The molecule has 0 amide bonds. The molecule has 4 atom stereocenters. The zero-order valence-corrected chi connectivity index (χ0v) is 24.5. The number of hydrogen-bond acceptors (Lipinski definition) is 8. The van der Waals surface area contributed by atoms with E-state index < -0.39 is 23.3 Å². The highest BCUT2D eigenvalue weighted by Crippen LogP contribution is 2.42. The molecule has 0 aliphatic carbocycles. The maximum atomic E-state index is 16.7. The van der Waals surface area contributed by atoms with Gasteiger partial charge in [-0.15, -0.1) is 6.42 Å². The van der Waals surface area contributed by atoms with Gasteiger partial charge in [0.15, 0.2) is 5.82 Å². The number of fused-ring (bicyclic) bond motifs is 3. The molecule has 2 aromatic carbocycles. The Bertz CT molecular complexity index is 1820.